The zero-order valence-corrected chi connectivity index (χ0v) is 11.9. The first-order valence-electron chi connectivity index (χ1n) is 6.50. The smallest absolute Gasteiger partial charge is 0.130 e. The van der Waals surface area contributed by atoms with E-state index in [1.165, 1.54) is 5.56 Å². The highest BCUT2D eigenvalue weighted by Crippen LogP contribution is 2.14. The molecule has 0 atom stereocenters. The molecule has 0 spiro atoms. The predicted molar refractivity (Wildman–Crippen MR) is 75.8 cm³/mol. The number of nitrogens with zero attached hydrogens (tertiary/aromatic N) is 2. The van der Waals surface area contributed by atoms with E-state index in [2.05, 4.69) is 35.1 Å². The maximum atomic E-state index is 5.18. The van der Waals surface area contributed by atoms with Crippen LogP contribution in [0.3, 0.4) is 0 Å². The van der Waals surface area contributed by atoms with Gasteiger partial charge in [-0.05, 0) is 12.0 Å². The summed E-state index contributed by atoms with van der Waals surface area (Å²) in [6, 6.07) is 4.11. The minimum absolute atomic E-state index is 0.650. The second kappa shape index (κ2) is 8.06. The molecule has 0 saturated carbocycles. The maximum Gasteiger partial charge on any atom is 0.130 e. The summed E-state index contributed by atoms with van der Waals surface area (Å²) in [5.74, 6) is 1.61. The van der Waals surface area contributed by atoms with Crippen LogP contribution < -0.4 is 5.32 Å². The van der Waals surface area contributed by atoms with Crippen LogP contribution in [0.2, 0.25) is 0 Å². The lowest BCUT2D eigenvalue weighted by atomic mass is 10.1. The van der Waals surface area contributed by atoms with E-state index in [-0.39, 0.29) is 0 Å². The van der Waals surface area contributed by atoms with Crippen LogP contribution in [0.4, 0.5) is 5.82 Å². The van der Waals surface area contributed by atoms with Crippen molar-refractivity contribution in [1.29, 1.82) is 0 Å². The van der Waals surface area contributed by atoms with E-state index in [4.69, 9.17) is 4.74 Å². The molecule has 0 bridgehead atoms. The van der Waals surface area contributed by atoms with Gasteiger partial charge in [-0.25, -0.2) is 4.98 Å². The fourth-order valence-electron chi connectivity index (χ4n) is 2.00. The van der Waals surface area contributed by atoms with Crippen LogP contribution in [-0.2, 0) is 11.3 Å². The van der Waals surface area contributed by atoms with Crippen molar-refractivity contribution in [1.82, 2.24) is 9.88 Å². The van der Waals surface area contributed by atoms with Crippen LogP contribution in [0.5, 0.6) is 0 Å². The Morgan fingerprint density at radius 1 is 1.44 bits per heavy atom. The molecule has 0 aliphatic heterocycles. The van der Waals surface area contributed by atoms with Crippen molar-refractivity contribution in [3.63, 3.8) is 0 Å². The van der Waals surface area contributed by atoms with E-state index in [0.29, 0.717) is 5.92 Å². The first-order chi connectivity index (χ1) is 8.67. The lowest BCUT2D eigenvalue weighted by Crippen LogP contribution is -2.31. The number of ether oxygens (including phenoxy) is 1. The minimum atomic E-state index is 0.650. The number of hydrogen-bond acceptors (Lipinski definition) is 4. The van der Waals surface area contributed by atoms with Crippen molar-refractivity contribution in [3.05, 3.63) is 23.9 Å². The Balaban J connectivity index is 2.68. The van der Waals surface area contributed by atoms with Gasteiger partial charge in [-0.1, -0.05) is 19.9 Å². The number of rotatable bonds is 8. The molecule has 1 heterocycles. The van der Waals surface area contributed by atoms with Crippen LogP contribution in [0, 0.1) is 5.92 Å². The standard InChI is InChI=1S/C14H25N3O/c1-12(2)10-17(8-9-18-4)11-13-6-5-7-16-14(13)15-3/h5-7,12H,8-11H2,1-4H3,(H,15,16). The van der Waals surface area contributed by atoms with Gasteiger partial charge >= 0.3 is 0 Å². The Kier molecular flexibility index (Phi) is 6.68. The summed E-state index contributed by atoms with van der Waals surface area (Å²) in [6.45, 7) is 8.17. The summed E-state index contributed by atoms with van der Waals surface area (Å²) in [7, 11) is 3.66. The van der Waals surface area contributed by atoms with E-state index in [0.717, 1.165) is 32.1 Å². The molecule has 4 nitrogen and oxygen atoms in total. The Bertz CT molecular complexity index is 342. The van der Waals surface area contributed by atoms with Crippen molar-refractivity contribution in [3.8, 4) is 0 Å². The Labute approximate surface area is 110 Å². The van der Waals surface area contributed by atoms with Crippen molar-refractivity contribution in [2.45, 2.75) is 20.4 Å². The summed E-state index contributed by atoms with van der Waals surface area (Å²) < 4.78 is 5.18. The van der Waals surface area contributed by atoms with Crippen LogP contribution in [0.1, 0.15) is 19.4 Å². The lowest BCUT2D eigenvalue weighted by molar-refractivity contribution is 0.136. The normalized spacial score (nSPS) is 11.2. The van der Waals surface area contributed by atoms with Crippen LogP contribution in [0.15, 0.2) is 18.3 Å². The van der Waals surface area contributed by atoms with Crippen molar-refractivity contribution < 1.29 is 4.74 Å². The highest BCUT2D eigenvalue weighted by atomic mass is 16.5. The Morgan fingerprint density at radius 2 is 2.22 bits per heavy atom. The third kappa shape index (κ3) is 5.02. The average Bonchev–Trinajstić information content (AvgIpc) is 2.36. The number of anilines is 1. The molecular formula is C14H25N3O. The zero-order chi connectivity index (χ0) is 13.4. The van der Waals surface area contributed by atoms with Gasteiger partial charge in [0.15, 0.2) is 0 Å². The summed E-state index contributed by atoms with van der Waals surface area (Å²) in [5, 5.41) is 3.14. The molecular weight excluding hydrogens is 226 g/mol. The zero-order valence-electron chi connectivity index (χ0n) is 11.9. The molecule has 0 radical (unpaired) electrons. The number of aromatic nitrogens is 1. The maximum absolute atomic E-state index is 5.18. The molecule has 102 valence electrons. The highest BCUT2D eigenvalue weighted by molar-refractivity contribution is 5.42. The molecule has 0 unspecified atom stereocenters. The topological polar surface area (TPSA) is 37.4 Å². The second-order valence-corrected chi connectivity index (χ2v) is 4.88. The van der Waals surface area contributed by atoms with E-state index < -0.39 is 0 Å². The first kappa shape index (κ1) is 14.9. The summed E-state index contributed by atoms with van der Waals surface area (Å²) in [6.07, 6.45) is 1.82. The van der Waals surface area contributed by atoms with Crippen LogP contribution in [-0.4, -0.2) is 43.7 Å². The van der Waals surface area contributed by atoms with Gasteiger partial charge in [0.25, 0.3) is 0 Å². The highest BCUT2D eigenvalue weighted by Gasteiger charge is 2.10. The molecule has 0 aromatic carbocycles. The molecule has 0 fully saturated rings. The van der Waals surface area contributed by atoms with Crippen molar-refractivity contribution in [2.75, 3.05) is 39.2 Å². The summed E-state index contributed by atoms with van der Waals surface area (Å²) in [5.41, 5.74) is 1.23. The Hall–Kier alpha value is -1.13. The van der Waals surface area contributed by atoms with Gasteiger partial charge in [0.1, 0.15) is 5.82 Å². The number of nitrogens with one attached hydrogen (secondary N) is 1. The van der Waals surface area contributed by atoms with Gasteiger partial charge in [0.2, 0.25) is 0 Å². The molecule has 4 heteroatoms. The average molecular weight is 251 g/mol. The summed E-state index contributed by atoms with van der Waals surface area (Å²) >= 11 is 0. The van der Waals surface area contributed by atoms with E-state index in [1.54, 1.807) is 7.11 Å². The molecule has 1 rings (SSSR count). The molecule has 1 N–H and O–H groups in total. The lowest BCUT2D eigenvalue weighted by Gasteiger charge is -2.24. The van der Waals surface area contributed by atoms with Gasteiger partial charge in [-0.3, -0.25) is 4.90 Å². The molecule has 0 aliphatic rings. The summed E-state index contributed by atoms with van der Waals surface area (Å²) in [4.78, 5) is 6.75. The second-order valence-electron chi connectivity index (χ2n) is 4.88. The van der Waals surface area contributed by atoms with E-state index in [9.17, 15) is 0 Å². The molecule has 18 heavy (non-hydrogen) atoms. The molecule has 0 aliphatic carbocycles. The van der Waals surface area contributed by atoms with Crippen LogP contribution in [0.25, 0.3) is 0 Å². The van der Waals surface area contributed by atoms with Gasteiger partial charge in [0.05, 0.1) is 6.61 Å². The fourth-order valence-corrected chi connectivity index (χ4v) is 2.00. The fraction of sp³-hybridized carbons (Fsp3) is 0.643. The quantitative estimate of drug-likeness (QED) is 0.769. The van der Waals surface area contributed by atoms with Gasteiger partial charge in [-0.15, -0.1) is 0 Å². The monoisotopic (exact) mass is 251 g/mol. The third-order valence-corrected chi connectivity index (χ3v) is 2.76. The van der Waals surface area contributed by atoms with E-state index in [1.807, 2.05) is 19.3 Å². The third-order valence-electron chi connectivity index (χ3n) is 2.76. The number of pyridine rings is 1. The molecule has 0 saturated heterocycles. The predicted octanol–water partition coefficient (Wildman–Crippen LogP) is 2.23. The molecule has 1 aromatic rings. The minimum Gasteiger partial charge on any atom is -0.383 e. The van der Waals surface area contributed by atoms with Gasteiger partial charge in [0, 0.05) is 45.6 Å². The van der Waals surface area contributed by atoms with Crippen LogP contribution >= 0.6 is 0 Å². The van der Waals surface area contributed by atoms with Crippen molar-refractivity contribution in [2.24, 2.45) is 5.92 Å². The first-order valence-corrected chi connectivity index (χ1v) is 6.50. The molecule has 0 amide bonds. The SMILES string of the molecule is CNc1ncccc1CN(CCOC)CC(C)C. The van der Waals surface area contributed by atoms with Gasteiger partial charge < -0.3 is 10.1 Å². The van der Waals surface area contributed by atoms with Crippen molar-refractivity contribution >= 4 is 5.82 Å². The number of hydrogen-bond donors (Lipinski definition) is 1. The Morgan fingerprint density at radius 3 is 2.83 bits per heavy atom. The molecule has 1 aromatic heterocycles. The van der Waals surface area contributed by atoms with Gasteiger partial charge in [-0.2, -0.15) is 0 Å². The largest absolute Gasteiger partial charge is 0.383 e. The van der Waals surface area contributed by atoms with E-state index >= 15 is 0 Å². The number of methoxy groups -OCH3 is 1.